The Balaban J connectivity index is 1.78. The van der Waals surface area contributed by atoms with Gasteiger partial charge in [0.15, 0.2) is 0 Å². The van der Waals surface area contributed by atoms with E-state index in [0.29, 0.717) is 26.1 Å². The Morgan fingerprint density at radius 3 is 2.80 bits per heavy atom. The number of hydrogen-bond donors (Lipinski definition) is 2. The molecule has 1 amide bonds. The monoisotopic (exact) mass is 274 g/mol. The molecule has 0 radical (unpaired) electrons. The van der Waals surface area contributed by atoms with Crippen LogP contribution in [0.3, 0.4) is 0 Å². The van der Waals surface area contributed by atoms with Gasteiger partial charge in [-0.1, -0.05) is 0 Å². The van der Waals surface area contributed by atoms with E-state index in [0.717, 1.165) is 11.4 Å². The fourth-order valence-corrected chi connectivity index (χ4v) is 1.68. The van der Waals surface area contributed by atoms with Crippen molar-refractivity contribution in [2.75, 3.05) is 18.5 Å². The van der Waals surface area contributed by atoms with Crippen LogP contribution in [0.25, 0.3) is 0 Å². The second-order valence-corrected chi connectivity index (χ2v) is 4.26. The van der Waals surface area contributed by atoms with E-state index < -0.39 is 0 Å². The first kappa shape index (κ1) is 14.1. The molecule has 2 rings (SSSR count). The highest BCUT2D eigenvalue weighted by Gasteiger charge is 2.03. The van der Waals surface area contributed by atoms with Gasteiger partial charge in [-0.15, -0.1) is 0 Å². The zero-order chi connectivity index (χ0) is 14.2. The minimum absolute atomic E-state index is 0.0330. The summed E-state index contributed by atoms with van der Waals surface area (Å²) < 4.78 is 7.23. The lowest BCUT2D eigenvalue weighted by atomic mass is 10.3. The molecule has 0 aliphatic heterocycles. The van der Waals surface area contributed by atoms with Crippen molar-refractivity contribution in [2.45, 2.75) is 13.0 Å². The number of carbonyl (C=O) groups is 1. The number of hydrogen-bond acceptors (Lipinski definition) is 4. The summed E-state index contributed by atoms with van der Waals surface area (Å²) in [6.07, 6.45) is 5.62. The second-order valence-electron chi connectivity index (χ2n) is 4.26. The Bertz CT molecular complexity index is 523. The molecular weight excluding hydrogens is 256 g/mol. The fraction of sp³-hybridized carbons (Fsp3) is 0.286. The molecule has 0 spiro atoms. The number of carbonyl (C=O) groups excluding carboxylic acids is 1. The molecule has 1 aromatic carbocycles. The number of amides is 1. The smallest absolute Gasteiger partial charge is 0.226 e. The molecule has 0 fully saturated rings. The number of imidazole rings is 1. The van der Waals surface area contributed by atoms with E-state index in [2.05, 4.69) is 10.3 Å². The molecule has 3 N–H and O–H groups in total. The van der Waals surface area contributed by atoms with Crippen LogP contribution in [0.4, 0.5) is 5.69 Å². The van der Waals surface area contributed by atoms with Crippen LogP contribution in [0.2, 0.25) is 0 Å². The van der Waals surface area contributed by atoms with Crippen LogP contribution in [-0.2, 0) is 11.3 Å². The average Bonchev–Trinajstić information content (AvgIpc) is 2.98. The number of aromatic nitrogens is 2. The first-order valence-electron chi connectivity index (χ1n) is 6.46. The summed E-state index contributed by atoms with van der Waals surface area (Å²) in [6, 6.07) is 7.23. The van der Waals surface area contributed by atoms with E-state index in [-0.39, 0.29) is 5.91 Å². The first-order chi connectivity index (χ1) is 9.78. The molecule has 2 aromatic rings. The number of aryl methyl sites for hydroxylation is 1. The summed E-state index contributed by atoms with van der Waals surface area (Å²) in [6.45, 7) is 1.58. The highest BCUT2D eigenvalue weighted by Crippen LogP contribution is 2.15. The Kier molecular flexibility index (Phi) is 5.14. The lowest BCUT2D eigenvalue weighted by molar-refractivity contribution is -0.116. The zero-order valence-corrected chi connectivity index (χ0v) is 11.2. The SMILES string of the molecule is NCCOc1ccc(NC(=O)CCn2ccnc2)cc1. The summed E-state index contributed by atoms with van der Waals surface area (Å²) in [4.78, 5) is 15.7. The maximum atomic E-state index is 11.8. The van der Waals surface area contributed by atoms with Gasteiger partial charge in [0, 0.05) is 37.6 Å². The van der Waals surface area contributed by atoms with E-state index in [1.165, 1.54) is 0 Å². The van der Waals surface area contributed by atoms with Crippen LogP contribution >= 0.6 is 0 Å². The Morgan fingerprint density at radius 2 is 2.15 bits per heavy atom. The van der Waals surface area contributed by atoms with Gasteiger partial charge in [-0.3, -0.25) is 4.79 Å². The Morgan fingerprint density at radius 1 is 1.35 bits per heavy atom. The normalized spacial score (nSPS) is 10.2. The van der Waals surface area contributed by atoms with Crippen LogP contribution < -0.4 is 15.8 Å². The zero-order valence-electron chi connectivity index (χ0n) is 11.2. The quantitative estimate of drug-likeness (QED) is 0.796. The van der Waals surface area contributed by atoms with E-state index in [1.807, 2.05) is 10.8 Å². The van der Waals surface area contributed by atoms with Crippen molar-refractivity contribution in [1.29, 1.82) is 0 Å². The number of rotatable bonds is 7. The van der Waals surface area contributed by atoms with Crippen LogP contribution in [0.5, 0.6) is 5.75 Å². The average molecular weight is 274 g/mol. The number of anilines is 1. The summed E-state index contributed by atoms with van der Waals surface area (Å²) in [5.41, 5.74) is 6.11. The first-order valence-corrected chi connectivity index (χ1v) is 6.46. The highest BCUT2D eigenvalue weighted by atomic mass is 16.5. The second kappa shape index (κ2) is 7.30. The molecule has 6 heteroatoms. The van der Waals surface area contributed by atoms with E-state index in [1.54, 1.807) is 36.8 Å². The molecular formula is C14H18N4O2. The molecule has 6 nitrogen and oxygen atoms in total. The van der Waals surface area contributed by atoms with Gasteiger partial charge in [0.25, 0.3) is 0 Å². The van der Waals surface area contributed by atoms with Gasteiger partial charge in [-0.25, -0.2) is 4.98 Å². The molecule has 0 saturated carbocycles. The maximum absolute atomic E-state index is 11.8. The van der Waals surface area contributed by atoms with Crippen molar-refractivity contribution in [3.63, 3.8) is 0 Å². The fourth-order valence-electron chi connectivity index (χ4n) is 1.68. The van der Waals surface area contributed by atoms with Crippen molar-refractivity contribution in [3.8, 4) is 5.75 Å². The predicted octanol–water partition coefficient (Wildman–Crippen LogP) is 1.25. The van der Waals surface area contributed by atoms with Gasteiger partial charge in [-0.05, 0) is 24.3 Å². The maximum Gasteiger partial charge on any atom is 0.226 e. The molecule has 0 saturated heterocycles. The topological polar surface area (TPSA) is 82.2 Å². The van der Waals surface area contributed by atoms with Gasteiger partial charge in [0.05, 0.1) is 6.33 Å². The number of nitrogens with zero attached hydrogens (tertiary/aromatic N) is 2. The van der Waals surface area contributed by atoms with Crippen LogP contribution in [0, 0.1) is 0 Å². The van der Waals surface area contributed by atoms with Gasteiger partial charge >= 0.3 is 0 Å². The number of nitrogens with two attached hydrogens (primary N) is 1. The molecule has 0 bridgehead atoms. The number of ether oxygens (including phenoxy) is 1. The van der Waals surface area contributed by atoms with Crippen molar-refractivity contribution < 1.29 is 9.53 Å². The highest BCUT2D eigenvalue weighted by molar-refractivity contribution is 5.90. The third kappa shape index (κ3) is 4.40. The van der Waals surface area contributed by atoms with Gasteiger partial charge < -0.3 is 20.4 Å². The lowest BCUT2D eigenvalue weighted by Gasteiger charge is -2.08. The minimum Gasteiger partial charge on any atom is -0.492 e. The van der Waals surface area contributed by atoms with E-state index >= 15 is 0 Å². The molecule has 0 aliphatic rings. The van der Waals surface area contributed by atoms with Crippen molar-refractivity contribution in [2.24, 2.45) is 5.73 Å². The van der Waals surface area contributed by atoms with Crippen molar-refractivity contribution in [3.05, 3.63) is 43.0 Å². The summed E-state index contributed by atoms with van der Waals surface area (Å²) in [5, 5.41) is 2.83. The molecule has 20 heavy (non-hydrogen) atoms. The number of benzene rings is 1. The summed E-state index contributed by atoms with van der Waals surface area (Å²) in [7, 11) is 0. The molecule has 0 unspecified atom stereocenters. The minimum atomic E-state index is -0.0330. The van der Waals surface area contributed by atoms with Crippen LogP contribution in [0.15, 0.2) is 43.0 Å². The van der Waals surface area contributed by atoms with E-state index in [4.69, 9.17) is 10.5 Å². The van der Waals surface area contributed by atoms with E-state index in [9.17, 15) is 4.79 Å². The molecule has 0 aliphatic carbocycles. The molecule has 1 heterocycles. The van der Waals surface area contributed by atoms with Gasteiger partial charge in [0.2, 0.25) is 5.91 Å². The third-order valence-electron chi connectivity index (χ3n) is 2.68. The molecule has 0 atom stereocenters. The van der Waals surface area contributed by atoms with Gasteiger partial charge in [0.1, 0.15) is 12.4 Å². The standard InChI is InChI=1S/C14H18N4O2/c15-6-10-20-13-3-1-12(2-4-13)17-14(19)5-8-18-9-7-16-11-18/h1-4,7,9,11H,5-6,8,10,15H2,(H,17,19). The van der Waals surface area contributed by atoms with Crippen molar-refractivity contribution >= 4 is 11.6 Å². The van der Waals surface area contributed by atoms with Crippen molar-refractivity contribution in [1.82, 2.24) is 9.55 Å². The number of nitrogens with one attached hydrogen (secondary N) is 1. The van der Waals surface area contributed by atoms with Crippen LogP contribution in [-0.4, -0.2) is 28.6 Å². The Hall–Kier alpha value is -2.34. The van der Waals surface area contributed by atoms with Gasteiger partial charge in [-0.2, -0.15) is 0 Å². The Labute approximate surface area is 117 Å². The lowest BCUT2D eigenvalue weighted by Crippen LogP contribution is -2.14. The molecule has 1 aromatic heterocycles. The summed E-state index contributed by atoms with van der Waals surface area (Å²) in [5.74, 6) is 0.709. The van der Waals surface area contributed by atoms with Crippen LogP contribution in [0.1, 0.15) is 6.42 Å². The largest absolute Gasteiger partial charge is 0.492 e. The summed E-state index contributed by atoms with van der Waals surface area (Å²) >= 11 is 0. The molecule has 106 valence electrons. The predicted molar refractivity (Wildman–Crippen MR) is 76.5 cm³/mol. The third-order valence-corrected chi connectivity index (χ3v) is 2.68.